The van der Waals surface area contributed by atoms with Crippen LogP contribution in [0.15, 0.2) is 29.4 Å². The Morgan fingerprint density at radius 2 is 2.22 bits per heavy atom. The van der Waals surface area contributed by atoms with E-state index in [1.807, 2.05) is 0 Å². The third kappa shape index (κ3) is 4.25. The number of nitrogens with one attached hydrogen (secondary N) is 1. The molecule has 1 aromatic rings. The lowest BCUT2D eigenvalue weighted by molar-refractivity contribution is -0.134. The maximum absolute atomic E-state index is 11.3. The molecular weight excluding hydrogens is 236 g/mol. The minimum Gasteiger partial charge on any atom is -0.465 e. The second-order valence-corrected chi connectivity index (χ2v) is 3.19. The van der Waals surface area contributed by atoms with Gasteiger partial charge in [-0.05, 0) is 25.1 Å². The molecule has 0 fully saturated rings. The lowest BCUT2D eigenvalue weighted by Gasteiger charge is -2.02. The Balaban J connectivity index is 2.63. The summed E-state index contributed by atoms with van der Waals surface area (Å²) in [7, 11) is 1.31. The fraction of sp³-hybridized carbons (Fsp3) is 0.250. The molecule has 6 heteroatoms. The van der Waals surface area contributed by atoms with Gasteiger partial charge in [0, 0.05) is 0 Å². The molecule has 0 atom stereocenters. The Labute approximate surface area is 105 Å². The molecule has 0 unspecified atom stereocenters. The van der Waals surface area contributed by atoms with Crippen LogP contribution in [0.4, 0.5) is 5.69 Å². The van der Waals surface area contributed by atoms with Gasteiger partial charge in [-0.3, -0.25) is 5.43 Å². The van der Waals surface area contributed by atoms with E-state index in [9.17, 15) is 9.59 Å². The van der Waals surface area contributed by atoms with Crippen molar-refractivity contribution in [2.24, 2.45) is 5.10 Å². The Morgan fingerprint density at radius 1 is 1.44 bits per heavy atom. The number of rotatable bonds is 5. The molecule has 0 aliphatic heterocycles. The number of ether oxygens (including phenoxy) is 2. The maximum atomic E-state index is 11.3. The largest absolute Gasteiger partial charge is 0.465 e. The van der Waals surface area contributed by atoms with Crippen molar-refractivity contribution in [3.8, 4) is 0 Å². The molecule has 0 aliphatic rings. The minimum absolute atomic E-state index is 0.294. The van der Waals surface area contributed by atoms with Crippen molar-refractivity contribution in [2.45, 2.75) is 6.92 Å². The minimum atomic E-state index is -0.533. The normalized spacial score (nSPS) is 10.1. The maximum Gasteiger partial charge on any atom is 0.351 e. The summed E-state index contributed by atoms with van der Waals surface area (Å²) in [4.78, 5) is 22.2. The second kappa shape index (κ2) is 7.05. The van der Waals surface area contributed by atoms with Crippen molar-refractivity contribution in [1.29, 1.82) is 0 Å². The first-order chi connectivity index (χ1) is 8.67. The van der Waals surface area contributed by atoms with E-state index in [2.05, 4.69) is 20.0 Å². The number of carbonyl (C=O) groups is 2. The molecule has 1 aromatic carbocycles. The van der Waals surface area contributed by atoms with Gasteiger partial charge in [-0.2, -0.15) is 5.10 Å². The third-order valence-electron chi connectivity index (χ3n) is 1.93. The average Bonchev–Trinajstić information content (AvgIpc) is 2.38. The molecule has 0 spiro atoms. The van der Waals surface area contributed by atoms with Crippen LogP contribution in [-0.4, -0.2) is 31.9 Å². The number of nitrogens with zero attached hydrogens (tertiary/aromatic N) is 1. The highest BCUT2D eigenvalue weighted by atomic mass is 16.5. The number of methoxy groups -OCH3 is 1. The van der Waals surface area contributed by atoms with E-state index in [1.54, 1.807) is 31.2 Å². The van der Waals surface area contributed by atoms with Gasteiger partial charge in [-0.15, -0.1) is 0 Å². The topological polar surface area (TPSA) is 77.0 Å². The number of hydrogen-bond acceptors (Lipinski definition) is 6. The molecule has 0 saturated heterocycles. The second-order valence-electron chi connectivity index (χ2n) is 3.19. The number of esters is 2. The fourth-order valence-corrected chi connectivity index (χ4v) is 1.17. The molecular formula is C12H14N2O4. The molecule has 0 aliphatic carbocycles. The third-order valence-corrected chi connectivity index (χ3v) is 1.93. The Morgan fingerprint density at radius 3 is 2.89 bits per heavy atom. The predicted molar refractivity (Wildman–Crippen MR) is 66.5 cm³/mol. The Hall–Kier alpha value is -2.37. The summed E-state index contributed by atoms with van der Waals surface area (Å²) < 4.78 is 9.24. The van der Waals surface area contributed by atoms with Crippen LogP contribution >= 0.6 is 0 Å². The first kappa shape index (κ1) is 13.7. The number of benzene rings is 1. The quantitative estimate of drug-likeness (QED) is 0.486. The van der Waals surface area contributed by atoms with Crippen LogP contribution in [0, 0.1) is 0 Å². The van der Waals surface area contributed by atoms with E-state index in [4.69, 9.17) is 0 Å². The van der Waals surface area contributed by atoms with E-state index < -0.39 is 11.9 Å². The SMILES string of the molecule is CCOC(=O)/C=N/Nc1cccc(C(=O)OC)c1. The summed E-state index contributed by atoms with van der Waals surface area (Å²) in [6.45, 7) is 2.00. The Bertz CT molecular complexity index is 457. The highest BCUT2D eigenvalue weighted by Crippen LogP contribution is 2.11. The van der Waals surface area contributed by atoms with E-state index in [-0.39, 0.29) is 0 Å². The molecule has 6 nitrogen and oxygen atoms in total. The van der Waals surface area contributed by atoms with Crippen LogP contribution in [-0.2, 0) is 14.3 Å². The summed E-state index contributed by atoms with van der Waals surface area (Å²) in [6.07, 6.45) is 1.02. The van der Waals surface area contributed by atoms with Gasteiger partial charge in [0.25, 0.3) is 0 Å². The zero-order chi connectivity index (χ0) is 13.4. The molecule has 0 amide bonds. The molecule has 0 saturated carbocycles. The van der Waals surface area contributed by atoms with Gasteiger partial charge in [-0.1, -0.05) is 6.07 Å². The van der Waals surface area contributed by atoms with Crippen molar-refractivity contribution in [1.82, 2.24) is 0 Å². The van der Waals surface area contributed by atoms with Gasteiger partial charge in [-0.25, -0.2) is 9.59 Å². The van der Waals surface area contributed by atoms with Crippen molar-refractivity contribution < 1.29 is 19.1 Å². The van der Waals surface area contributed by atoms with E-state index in [1.165, 1.54) is 7.11 Å². The van der Waals surface area contributed by atoms with Crippen LogP contribution in [0.1, 0.15) is 17.3 Å². The Kier molecular flexibility index (Phi) is 5.37. The monoisotopic (exact) mass is 250 g/mol. The van der Waals surface area contributed by atoms with Gasteiger partial charge in [0.2, 0.25) is 0 Å². The van der Waals surface area contributed by atoms with Crippen LogP contribution in [0.3, 0.4) is 0 Å². The zero-order valence-corrected chi connectivity index (χ0v) is 10.2. The van der Waals surface area contributed by atoms with E-state index in [0.29, 0.717) is 17.9 Å². The lowest BCUT2D eigenvalue weighted by atomic mass is 10.2. The summed E-state index contributed by atoms with van der Waals surface area (Å²) in [6, 6.07) is 6.56. The van der Waals surface area contributed by atoms with Crippen molar-refractivity contribution in [2.75, 3.05) is 19.1 Å². The molecule has 0 aromatic heterocycles. The molecule has 0 heterocycles. The zero-order valence-electron chi connectivity index (χ0n) is 10.2. The summed E-state index contributed by atoms with van der Waals surface area (Å²) in [5.74, 6) is -0.970. The number of hydrogen-bond donors (Lipinski definition) is 1. The predicted octanol–water partition coefficient (Wildman–Crippen LogP) is 1.43. The summed E-state index contributed by atoms with van der Waals surface area (Å²) >= 11 is 0. The van der Waals surface area contributed by atoms with Gasteiger partial charge < -0.3 is 9.47 Å². The smallest absolute Gasteiger partial charge is 0.351 e. The molecule has 1 rings (SSSR count). The number of hydrazone groups is 1. The molecule has 1 N–H and O–H groups in total. The number of anilines is 1. The van der Waals surface area contributed by atoms with Crippen molar-refractivity contribution in [3.63, 3.8) is 0 Å². The summed E-state index contributed by atoms with van der Waals surface area (Å²) in [5.41, 5.74) is 3.58. The highest BCUT2D eigenvalue weighted by Gasteiger charge is 2.04. The van der Waals surface area contributed by atoms with Gasteiger partial charge in [0.1, 0.15) is 6.21 Å². The first-order valence-electron chi connectivity index (χ1n) is 5.31. The summed E-state index contributed by atoms with van der Waals surface area (Å²) in [5, 5.41) is 3.68. The van der Waals surface area contributed by atoms with Crippen LogP contribution in [0.5, 0.6) is 0 Å². The van der Waals surface area contributed by atoms with Gasteiger partial charge in [0.15, 0.2) is 0 Å². The van der Waals surface area contributed by atoms with E-state index >= 15 is 0 Å². The van der Waals surface area contributed by atoms with Crippen molar-refractivity contribution in [3.05, 3.63) is 29.8 Å². The highest BCUT2D eigenvalue weighted by molar-refractivity contribution is 6.23. The van der Waals surface area contributed by atoms with Crippen LogP contribution < -0.4 is 5.43 Å². The van der Waals surface area contributed by atoms with Crippen LogP contribution in [0.2, 0.25) is 0 Å². The molecule has 0 radical (unpaired) electrons. The molecule has 96 valence electrons. The molecule has 18 heavy (non-hydrogen) atoms. The van der Waals surface area contributed by atoms with Crippen LogP contribution in [0.25, 0.3) is 0 Å². The van der Waals surface area contributed by atoms with Gasteiger partial charge in [0.05, 0.1) is 25.0 Å². The fourth-order valence-electron chi connectivity index (χ4n) is 1.17. The first-order valence-corrected chi connectivity index (χ1v) is 5.31. The van der Waals surface area contributed by atoms with E-state index in [0.717, 1.165) is 6.21 Å². The number of carbonyl (C=O) groups excluding carboxylic acids is 2. The lowest BCUT2D eigenvalue weighted by Crippen LogP contribution is -2.06. The molecule has 0 bridgehead atoms. The average molecular weight is 250 g/mol. The van der Waals surface area contributed by atoms with Crippen molar-refractivity contribution >= 4 is 23.8 Å². The van der Waals surface area contributed by atoms with Gasteiger partial charge >= 0.3 is 11.9 Å². The standard InChI is InChI=1S/C12H14N2O4/c1-3-18-11(15)8-13-14-10-6-4-5-9(7-10)12(16)17-2/h4-8,14H,3H2,1-2H3/b13-8+.